The summed E-state index contributed by atoms with van der Waals surface area (Å²) in [6, 6.07) is 5.92. The summed E-state index contributed by atoms with van der Waals surface area (Å²) in [7, 11) is -6.94. The van der Waals surface area contributed by atoms with Crippen molar-refractivity contribution in [2.24, 2.45) is 0 Å². The number of carbonyl (C=O) groups is 1. The number of hydroxylamine groups is 1. The van der Waals surface area contributed by atoms with Crippen LogP contribution in [-0.4, -0.2) is 101 Å². The van der Waals surface area contributed by atoms with Crippen molar-refractivity contribution >= 4 is 54.9 Å². The SMILES string of the molecule is Cc1cc(S(=O)(=O)O)cc2c1N(OCCOCCOCCOCCCCC(=O)O)/C(=C/C=C1\CCCC(/C=C/C3=[N+](C)c4c(C)cc(S(=O)(=O)O)cc4C3(C)C)=C1Cl)C2(C)C. The highest BCUT2D eigenvalue weighted by molar-refractivity contribution is 7.86. The maximum Gasteiger partial charge on any atom is 0.303 e. The van der Waals surface area contributed by atoms with Crippen LogP contribution in [0.25, 0.3) is 0 Å². The summed E-state index contributed by atoms with van der Waals surface area (Å²) in [6.07, 6.45) is 11.6. The molecule has 0 saturated carbocycles. The maximum absolute atomic E-state index is 12.3. The molecule has 0 unspecified atom stereocenters. The third-order valence-corrected chi connectivity index (χ3v) is 13.5. The second-order valence-corrected chi connectivity index (χ2v) is 19.7. The Hall–Kier alpha value is -3.71. The summed E-state index contributed by atoms with van der Waals surface area (Å²) < 4.78 is 87.3. The van der Waals surface area contributed by atoms with Gasteiger partial charge in [-0.1, -0.05) is 37.6 Å². The Morgan fingerprint density at radius 2 is 1.36 bits per heavy atom. The third kappa shape index (κ3) is 11.3. The van der Waals surface area contributed by atoms with E-state index in [1.54, 1.807) is 12.0 Å². The zero-order valence-electron chi connectivity index (χ0n) is 35.9. The molecule has 0 aromatic heterocycles. The van der Waals surface area contributed by atoms with Crippen LogP contribution in [0.4, 0.5) is 11.4 Å². The van der Waals surface area contributed by atoms with Crippen LogP contribution in [0.1, 0.15) is 88.5 Å². The second-order valence-electron chi connectivity index (χ2n) is 16.5. The summed E-state index contributed by atoms with van der Waals surface area (Å²) in [4.78, 5) is 16.6. The van der Waals surface area contributed by atoms with Crippen LogP contribution in [0.5, 0.6) is 0 Å². The number of halogens is 1. The minimum Gasteiger partial charge on any atom is -0.481 e. The number of nitrogens with zero attached hydrogens (tertiary/aromatic N) is 2. The number of aryl methyl sites for hydroxylation is 2. The number of benzene rings is 2. The number of hydrogen-bond donors (Lipinski definition) is 3. The molecular weight excluding hydrogens is 848 g/mol. The van der Waals surface area contributed by atoms with Crippen LogP contribution < -0.4 is 5.06 Å². The van der Waals surface area contributed by atoms with Crippen molar-refractivity contribution < 1.29 is 59.5 Å². The van der Waals surface area contributed by atoms with E-state index < -0.39 is 37.0 Å². The molecule has 0 saturated heterocycles. The molecule has 3 aliphatic rings. The number of rotatable bonds is 20. The smallest absolute Gasteiger partial charge is 0.303 e. The van der Waals surface area contributed by atoms with Crippen molar-refractivity contribution in [3.05, 3.63) is 92.7 Å². The second kappa shape index (κ2) is 19.8. The Morgan fingerprint density at radius 3 is 1.97 bits per heavy atom. The van der Waals surface area contributed by atoms with Crippen molar-refractivity contribution in [3.8, 4) is 0 Å². The molecule has 3 N–H and O–H groups in total. The number of allylic oxidation sites excluding steroid dienone is 8. The molecule has 0 radical (unpaired) electrons. The summed E-state index contributed by atoms with van der Waals surface area (Å²) in [5.41, 5.74) is 6.55. The van der Waals surface area contributed by atoms with Crippen molar-refractivity contribution in [1.29, 1.82) is 0 Å². The first-order valence-electron chi connectivity index (χ1n) is 20.3. The fraction of sp³-hybridized carbons (Fsp3) is 0.500. The van der Waals surface area contributed by atoms with Gasteiger partial charge in [0, 0.05) is 40.7 Å². The molecule has 2 aliphatic heterocycles. The first kappa shape index (κ1) is 48.3. The summed E-state index contributed by atoms with van der Waals surface area (Å²) in [5.74, 6) is -0.815. The molecule has 0 atom stereocenters. The molecule has 14 nitrogen and oxygen atoms in total. The van der Waals surface area contributed by atoms with Gasteiger partial charge >= 0.3 is 5.97 Å². The molecule has 2 heterocycles. The van der Waals surface area contributed by atoms with Crippen molar-refractivity contribution in [1.82, 2.24) is 0 Å². The molecule has 2 aromatic rings. The van der Waals surface area contributed by atoms with Gasteiger partial charge in [0.1, 0.15) is 7.05 Å². The number of fused-ring (bicyclic) bond motifs is 2. The van der Waals surface area contributed by atoms with E-state index in [2.05, 4.69) is 0 Å². The zero-order chi connectivity index (χ0) is 44.9. The molecule has 0 spiro atoms. The Morgan fingerprint density at radius 1 is 0.787 bits per heavy atom. The van der Waals surface area contributed by atoms with E-state index in [-0.39, 0.29) is 29.4 Å². The lowest BCUT2D eigenvalue weighted by molar-refractivity contribution is -0.402. The standard InChI is InChI=1S/C44H57ClN2O12S2/c1-29-25-33(60(50,51)52)27-35-41(29)46(7)37(43(35,3)4)16-14-31-11-10-12-32(40(31)45)15-17-38-44(5,6)36-28-34(61(53,54)55)26-30(2)42(36)47(38)59-24-23-58-22-21-57-20-19-56-18-9-8-13-39(48)49/h14-17,25-28H,8-13,18-24H2,1-7H3,(H2-,48,49,50,51,52,53,54,55)/p+1. The molecule has 2 aromatic carbocycles. The number of carboxylic acid groups (broad SMARTS) is 1. The van der Waals surface area contributed by atoms with E-state index in [1.165, 1.54) is 24.3 Å². The Balaban J connectivity index is 1.32. The molecule has 0 amide bonds. The van der Waals surface area contributed by atoms with Gasteiger partial charge in [-0.15, -0.1) is 0 Å². The number of unbranched alkanes of at least 4 members (excludes halogenated alkanes) is 1. The lowest BCUT2D eigenvalue weighted by Gasteiger charge is -2.26. The fourth-order valence-electron chi connectivity index (χ4n) is 8.16. The topological polar surface area (TPSA) is 189 Å². The van der Waals surface area contributed by atoms with Gasteiger partial charge in [0.2, 0.25) is 5.69 Å². The minimum atomic E-state index is -4.49. The number of ether oxygens (including phenoxy) is 3. The molecule has 0 fully saturated rings. The van der Waals surface area contributed by atoms with Gasteiger partial charge in [-0.3, -0.25) is 18.7 Å². The van der Waals surface area contributed by atoms with Crippen LogP contribution >= 0.6 is 11.6 Å². The molecule has 334 valence electrons. The normalized spacial score (nSPS) is 18.9. The predicted octanol–water partition coefficient (Wildman–Crippen LogP) is 7.88. The van der Waals surface area contributed by atoms with E-state index in [9.17, 15) is 30.7 Å². The summed E-state index contributed by atoms with van der Waals surface area (Å²) >= 11 is 7.13. The summed E-state index contributed by atoms with van der Waals surface area (Å²) in [6.45, 7) is 13.9. The van der Waals surface area contributed by atoms with E-state index >= 15 is 0 Å². The minimum absolute atomic E-state index is 0.129. The number of carboxylic acids is 1. The van der Waals surface area contributed by atoms with E-state index in [4.69, 9.17) is 35.8 Å². The lowest BCUT2D eigenvalue weighted by atomic mass is 9.80. The number of hydrogen-bond acceptors (Lipinski definition) is 10. The Labute approximate surface area is 364 Å². The number of aliphatic carboxylic acids is 1. The molecular formula is C44H58ClN2O12S2+. The van der Waals surface area contributed by atoms with Crippen molar-refractivity contribution in [3.63, 3.8) is 0 Å². The van der Waals surface area contributed by atoms with Gasteiger partial charge in [0.05, 0.1) is 66.2 Å². The van der Waals surface area contributed by atoms with Gasteiger partial charge in [-0.05, 0) is 112 Å². The zero-order valence-corrected chi connectivity index (χ0v) is 38.3. The third-order valence-electron chi connectivity index (χ3n) is 11.4. The van der Waals surface area contributed by atoms with Crippen molar-refractivity contribution in [2.45, 2.75) is 101 Å². The summed E-state index contributed by atoms with van der Waals surface area (Å²) in [5, 5.41) is 11.0. The van der Waals surface area contributed by atoms with Gasteiger partial charge in [-0.25, -0.2) is 5.06 Å². The average Bonchev–Trinajstić information content (AvgIpc) is 3.50. The molecule has 61 heavy (non-hydrogen) atoms. The van der Waals surface area contributed by atoms with E-state index in [1.807, 2.05) is 70.5 Å². The number of anilines is 1. The van der Waals surface area contributed by atoms with Crippen molar-refractivity contribution in [2.75, 3.05) is 58.4 Å². The molecule has 0 bridgehead atoms. The highest BCUT2D eigenvalue weighted by atomic mass is 35.5. The van der Waals surface area contributed by atoms with E-state index in [0.717, 1.165) is 58.6 Å². The first-order valence-corrected chi connectivity index (χ1v) is 23.6. The molecule has 1 aliphatic carbocycles. The highest BCUT2D eigenvalue weighted by Gasteiger charge is 2.45. The van der Waals surface area contributed by atoms with Crippen LogP contribution in [0.15, 0.2) is 80.2 Å². The van der Waals surface area contributed by atoms with Gasteiger partial charge in [0.25, 0.3) is 20.2 Å². The lowest BCUT2D eigenvalue weighted by Crippen LogP contribution is -2.28. The quantitative estimate of drug-likeness (QED) is 0.0662. The average molecular weight is 907 g/mol. The monoisotopic (exact) mass is 905 g/mol. The van der Waals surface area contributed by atoms with Crippen LogP contribution in [0.2, 0.25) is 0 Å². The van der Waals surface area contributed by atoms with E-state index in [0.29, 0.717) is 67.7 Å². The Kier molecular flexibility index (Phi) is 15.7. The predicted molar refractivity (Wildman–Crippen MR) is 233 cm³/mol. The van der Waals surface area contributed by atoms with Crippen LogP contribution in [0.3, 0.4) is 0 Å². The van der Waals surface area contributed by atoms with Gasteiger partial charge < -0.3 is 19.3 Å². The first-order chi connectivity index (χ1) is 28.6. The highest BCUT2D eigenvalue weighted by Crippen LogP contribution is 2.51. The van der Waals surface area contributed by atoms with Crippen LogP contribution in [0, 0.1) is 13.8 Å². The largest absolute Gasteiger partial charge is 0.481 e. The van der Waals surface area contributed by atoms with Gasteiger partial charge in [0.15, 0.2) is 5.71 Å². The molecule has 17 heteroatoms. The Bertz CT molecular complexity index is 2400. The van der Waals surface area contributed by atoms with Gasteiger partial charge in [-0.2, -0.15) is 21.4 Å². The molecule has 5 rings (SSSR count). The van der Waals surface area contributed by atoms with Crippen LogP contribution in [-0.2, 0) is 54.9 Å². The maximum atomic E-state index is 12.3. The fourth-order valence-corrected chi connectivity index (χ4v) is 9.66.